The minimum atomic E-state index is 1.21. The molecule has 0 aliphatic carbocycles. The maximum atomic E-state index is 2.42. The number of benzene rings is 11. The summed E-state index contributed by atoms with van der Waals surface area (Å²) in [4.78, 5) is 0. The van der Waals surface area contributed by atoms with E-state index in [0.717, 1.165) is 0 Å². The van der Waals surface area contributed by atoms with Crippen LogP contribution in [0.4, 0.5) is 0 Å². The van der Waals surface area contributed by atoms with E-state index in [1.54, 1.807) is 0 Å². The Balaban J connectivity index is 1.24. The van der Waals surface area contributed by atoms with Crippen LogP contribution in [0.2, 0.25) is 0 Å². The second-order valence-electron chi connectivity index (χ2n) is 14.3. The third-order valence-electron chi connectivity index (χ3n) is 11.4. The molecular formula is C54H34. The lowest BCUT2D eigenvalue weighted by molar-refractivity contribution is 1.61. The molecule has 0 N–H and O–H groups in total. The molecule has 0 unspecified atom stereocenters. The normalized spacial score (nSPS) is 11.7. The molecule has 0 nitrogen and oxygen atoms in total. The molecule has 0 heteroatoms. The zero-order valence-corrected chi connectivity index (χ0v) is 29.6. The quantitative estimate of drug-likeness (QED) is 0.162. The number of rotatable bonds is 4. The second kappa shape index (κ2) is 12.3. The molecule has 11 aromatic carbocycles. The van der Waals surface area contributed by atoms with Gasteiger partial charge in [-0.15, -0.1) is 0 Å². The Labute approximate surface area is 314 Å². The molecule has 0 spiro atoms. The van der Waals surface area contributed by atoms with E-state index in [1.807, 2.05) is 0 Å². The largest absolute Gasteiger partial charge is 0.0616 e. The van der Waals surface area contributed by atoms with Gasteiger partial charge in [0.2, 0.25) is 0 Å². The molecule has 0 aliphatic rings. The summed E-state index contributed by atoms with van der Waals surface area (Å²) in [6.45, 7) is 0. The van der Waals surface area contributed by atoms with Gasteiger partial charge in [0.25, 0.3) is 0 Å². The van der Waals surface area contributed by atoms with Crippen molar-refractivity contribution in [2.75, 3.05) is 0 Å². The molecule has 250 valence electrons. The maximum absolute atomic E-state index is 2.42. The Morgan fingerprint density at radius 1 is 0.185 bits per heavy atom. The van der Waals surface area contributed by atoms with Gasteiger partial charge in [-0.2, -0.15) is 0 Å². The van der Waals surface area contributed by atoms with Crippen molar-refractivity contribution in [2.45, 2.75) is 0 Å². The van der Waals surface area contributed by atoms with E-state index in [1.165, 1.54) is 109 Å². The third-order valence-corrected chi connectivity index (χ3v) is 11.4. The van der Waals surface area contributed by atoms with Crippen molar-refractivity contribution in [3.05, 3.63) is 206 Å². The molecule has 0 fully saturated rings. The zero-order valence-electron chi connectivity index (χ0n) is 29.6. The average Bonchev–Trinajstić information content (AvgIpc) is 3.25. The van der Waals surface area contributed by atoms with E-state index < -0.39 is 0 Å². The van der Waals surface area contributed by atoms with Crippen LogP contribution in [-0.4, -0.2) is 0 Å². The molecule has 11 aromatic rings. The average molecular weight is 683 g/mol. The molecule has 0 aromatic heterocycles. The lowest BCUT2D eigenvalue weighted by Gasteiger charge is -2.22. The Hall–Kier alpha value is -7.02. The number of fused-ring (bicyclic) bond motifs is 9. The summed E-state index contributed by atoms with van der Waals surface area (Å²) in [5.74, 6) is 0. The summed E-state index contributed by atoms with van der Waals surface area (Å²) in [5.41, 5.74) is 9.91. The first-order valence-electron chi connectivity index (χ1n) is 18.8. The van der Waals surface area contributed by atoms with Gasteiger partial charge in [0.1, 0.15) is 0 Å². The molecule has 11 rings (SSSR count). The minimum Gasteiger partial charge on any atom is -0.0616 e. The highest BCUT2D eigenvalue weighted by Crippen LogP contribution is 2.49. The van der Waals surface area contributed by atoms with Crippen molar-refractivity contribution in [3.63, 3.8) is 0 Å². The molecule has 0 saturated carbocycles. The van der Waals surface area contributed by atoms with E-state index in [0.29, 0.717) is 0 Å². The fraction of sp³-hybridized carbons (Fsp3) is 0. The van der Waals surface area contributed by atoms with Crippen molar-refractivity contribution in [2.24, 2.45) is 0 Å². The van der Waals surface area contributed by atoms with Crippen molar-refractivity contribution in [1.82, 2.24) is 0 Å². The van der Waals surface area contributed by atoms with Gasteiger partial charge in [-0.05, 0) is 127 Å². The Morgan fingerprint density at radius 3 is 1.17 bits per heavy atom. The highest BCUT2D eigenvalue weighted by Gasteiger charge is 2.22. The van der Waals surface area contributed by atoms with Gasteiger partial charge >= 0.3 is 0 Å². The Morgan fingerprint density at radius 2 is 0.574 bits per heavy atom. The Bertz CT molecular complexity index is 3270. The van der Waals surface area contributed by atoms with Crippen LogP contribution in [0.1, 0.15) is 0 Å². The minimum absolute atomic E-state index is 1.21. The topological polar surface area (TPSA) is 0 Å². The molecule has 0 aliphatic heterocycles. The summed E-state index contributed by atoms with van der Waals surface area (Å²) in [6, 6.07) is 76.2. The van der Waals surface area contributed by atoms with Gasteiger partial charge in [-0.1, -0.05) is 188 Å². The van der Waals surface area contributed by atoms with E-state index >= 15 is 0 Å². The number of hydrogen-bond donors (Lipinski definition) is 0. The van der Waals surface area contributed by atoms with Gasteiger partial charge < -0.3 is 0 Å². The highest BCUT2D eigenvalue weighted by atomic mass is 14.2. The Kier molecular flexibility index (Phi) is 6.97. The fourth-order valence-electron chi connectivity index (χ4n) is 9.07. The predicted molar refractivity (Wildman–Crippen MR) is 233 cm³/mol. The zero-order chi connectivity index (χ0) is 35.6. The standard InChI is InChI=1S/C54H34/c1-3-20-39-36(16-1)33-51(45-26-7-5-22-41(39)45)35-18-15-19-38(32-35)53-48-29-12-9-24-43(48)44-25-10-13-30-49(44)54(53)50-31-14-11-28-47(50)52-34-37-17-2-4-21-40(37)42-23-6-8-27-46(42)52/h1-34H. The van der Waals surface area contributed by atoms with E-state index in [-0.39, 0.29) is 0 Å². The maximum Gasteiger partial charge on any atom is -0.00141 e. The van der Waals surface area contributed by atoms with E-state index in [9.17, 15) is 0 Å². The molecule has 0 heterocycles. The van der Waals surface area contributed by atoms with Crippen molar-refractivity contribution in [3.8, 4) is 44.5 Å². The van der Waals surface area contributed by atoms with Crippen LogP contribution in [0.15, 0.2) is 206 Å². The first-order valence-corrected chi connectivity index (χ1v) is 18.8. The van der Waals surface area contributed by atoms with Gasteiger partial charge in [0, 0.05) is 0 Å². The highest BCUT2D eigenvalue weighted by molar-refractivity contribution is 6.24. The summed E-state index contributed by atoms with van der Waals surface area (Å²) in [5, 5.41) is 15.2. The molecule has 0 amide bonds. The van der Waals surface area contributed by atoms with Crippen LogP contribution in [-0.2, 0) is 0 Å². The van der Waals surface area contributed by atoms with Crippen LogP contribution >= 0.6 is 0 Å². The summed E-state index contributed by atoms with van der Waals surface area (Å²) in [7, 11) is 0. The SMILES string of the molecule is c1cc(-c2cc3ccccc3c3ccccc23)cc(-c2c(-c3ccccc3-c3cc4ccccc4c4ccccc34)c3ccccc3c3ccccc23)c1. The van der Waals surface area contributed by atoms with Gasteiger partial charge in [0.05, 0.1) is 0 Å². The first kappa shape index (κ1) is 30.6. The third kappa shape index (κ3) is 4.71. The van der Waals surface area contributed by atoms with E-state index in [2.05, 4.69) is 206 Å². The molecular weight excluding hydrogens is 649 g/mol. The van der Waals surface area contributed by atoms with Crippen molar-refractivity contribution >= 4 is 64.6 Å². The second-order valence-corrected chi connectivity index (χ2v) is 14.3. The molecule has 0 bridgehead atoms. The summed E-state index contributed by atoms with van der Waals surface area (Å²) in [6.07, 6.45) is 0. The summed E-state index contributed by atoms with van der Waals surface area (Å²) >= 11 is 0. The lowest BCUT2D eigenvalue weighted by Crippen LogP contribution is -1.95. The van der Waals surface area contributed by atoms with E-state index in [4.69, 9.17) is 0 Å². The summed E-state index contributed by atoms with van der Waals surface area (Å²) < 4.78 is 0. The van der Waals surface area contributed by atoms with Crippen LogP contribution in [0.25, 0.3) is 109 Å². The van der Waals surface area contributed by atoms with Crippen LogP contribution in [0.3, 0.4) is 0 Å². The molecule has 0 atom stereocenters. The molecule has 54 heavy (non-hydrogen) atoms. The van der Waals surface area contributed by atoms with Crippen LogP contribution in [0.5, 0.6) is 0 Å². The van der Waals surface area contributed by atoms with Crippen LogP contribution in [0, 0.1) is 0 Å². The first-order chi connectivity index (χ1) is 26.8. The van der Waals surface area contributed by atoms with Crippen molar-refractivity contribution < 1.29 is 0 Å². The van der Waals surface area contributed by atoms with Gasteiger partial charge in [-0.25, -0.2) is 0 Å². The monoisotopic (exact) mass is 682 g/mol. The molecule has 0 radical (unpaired) electrons. The van der Waals surface area contributed by atoms with Gasteiger partial charge in [-0.3, -0.25) is 0 Å². The fourth-order valence-corrected chi connectivity index (χ4v) is 9.07. The lowest BCUT2D eigenvalue weighted by atomic mass is 9.81. The van der Waals surface area contributed by atoms with Crippen molar-refractivity contribution in [1.29, 1.82) is 0 Å². The van der Waals surface area contributed by atoms with Crippen LogP contribution < -0.4 is 0 Å². The molecule has 0 saturated heterocycles. The predicted octanol–water partition coefficient (Wildman–Crippen LogP) is 15.3. The number of hydrogen-bond acceptors (Lipinski definition) is 0. The van der Waals surface area contributed by atoms with Gasteiger partial charge in [0.15, 0.2) is 0 Å². The smallest absolute Gasteiger partial charge is 0.00141 e.